The van der Waals surface area contributed by atoms with Gasteiger partial charge >= 0.3 is 5.97 Å². The lowest BCUT2D eigenvalue weighted by Gasteiger charge is -2.23. The number of rotatable bonds is 4. The van der Waals surface area contributed by atoms with Crippen molar-refractivity contribution >= 4 is 5.97 Å². The number of aliphatic hydroxyl groups excluding tert-OH is 1. The Morgan fingerprint density at radius 1 is 1.26 bits per heavy atom. The second kappa shape index (κ2) is 8.67. The highest BCUT2D eigenvalue weighted by Crippen LogP contribution is 2.12. The predicted octanol–water partition coefficient (Wildman–Crippen LogP) is 2.59. The van der Waals surface area contributed by atoms with Crippen molar-refractivity contribution in [2.45, 2.75) is 45.8 Å². The van der Waals surface area contributed by atoms with Crippen molar-refractivity contribution in [2.24, 2.45) is 0 Å². The molecule has 1 atom stereocenters. The van der Waals surface area contributed by atoms with Crippen molar-refractivity contribution < 1.29 is 15.0 Å². The summed E-state index contributed by atoms with van der Waals surface area (Å²) in [5.74, 6) is -0.745. The van der Waals surface area contributed by atoms with Gasteiger partial charge in [0.15, 0.2) is 0 Å². The minimum atomic E-state index is -0.745. The molecule has 3 N–H and O–H groups in total. The summed E-state index contributed by atoms with van der Waals surface area (Å²) in [4.78, 5) is 9.37. The zero-order valence-corrected chi connectivity index (χ0v) is 12.2. The van der Waals surface area contributed by atoms with Crippen LogP contribution in [0.2, 0.25) is 0 Å². The number of benzene rings is 1. The van der Waals surface area contributed by atoms with Crippen molar-refractivity contribution in [1.29, 1.82) is 0 Å². The first-order valence-electron chi connectivity index (χ1n) is 6.46. The summed E-state index contributed by atoms with van der Waals surface area (Å²) in [6.45, 7) is 8.45. The molecule has 1 unspecified atom stereocenters. The van der Waals surface area contributed by atoms with Crippen LogP contribution in [-0.4, -0.2) is 28.3 Å². The largest absolute Gasteiger partial charge is 0.481 e. The molecule has 4 nitrogen and oxygen atoms in total. The van der Waals surface area contributed by atoms with Gasteiger partial charge in [-0.15, -0.1) is 0 Å². The van der Waals surface area contributed by atoms with Gasteiger partial charge in [-0.05, 0) is 26.3 Å². The highest BCUT2D eigenvalue weighted by Gasteiger charge is 2.12. The second-order valence-corrected chi connectivity index (χ2v) is 5.30. The Bertz CT molecular complexity index is 357. The maximum absolute atomic E-state index is 9.82. The molecule has 19 heavy (non-hydrogen) atoms. The fraction of sp³-hybridized carbons (Fsp3) is 0.533. The van der Waals surface area contributed by atoms with E-state index < -0.39 is 12.1 Å². The minimum Gasteiger partial charge on any atom is -0.481 e. The zero-order valence-electron chi connectivity index (χ0n) is 12.2. The van der Waals surface area contributed by atoms with Gasteiger partial charge in [-0.1, -0.05) is 37.3 Å². The molecule has 0 aliphatic carbocycles. The molecule has 1 aromatic carbocycles. The minimum absolute atomic E-state index is 0.0513. The second-order valence-electron chi connectivity index (χ2n) is 5.30. The fourth-order valence-electron chi connectivity index (χ4n) is 1.20. The standard InChI is InChI=1S/C12H19NO.C3H6O2/c1-12(2,3)13-9-11(14)10-7-5-4-6-8-10;1-2-3(4)5/h4-8,11,13-14H,9H2,1-3H3;2H2,1H3,(H,4,5). The van der Waals surface area contributed by atoms with Gasteiger partial charge < -0.3 is 15.5 Å². The van der Waals surface area contributed by atoms with E-state index in [4.69, 9.17) is 5.11 Å². The number of nitrogens with one attached hydrogen (secondary N) is 1. The van der Waals surface area contributed by atoms with Crippen LogP contribution in [0.15, 0.2) is 30.3 Å². The van der Waals surface area contributed by atoms with Crippen molar-refractivity contribution in [3.05, 3.63) is 35.9 Å². The molecule has 0 saturated carbocycles. The Kier molecular flexibility index (Phi) is 8.03. The van der Waals surface area contributed by atoms with E-state index in [0.717, 1.165) is 5.56 Å². The van der Waals surface area contributed by atoms with Gasteiger partial charge in [0.2, 0.25) is 0 Å². The first-order chi connectivity index (χ1) is 8.76. The number of carboxylic acids is 1. The van der Waals surface area contributed by atoms with Gasteiger partial charge in [-0.25, -0.2) is 0 Å². The van der Waals surface area contributed by atoms with Crippen LogP contribution in [0.1, 0.15) is 45.8 Å². The summed E-state index contributed by atoms with van der Waals surface area (Å²) < 4.78 is 0. The molecule has 0 fully saturated rings. The predicted molar refractivity (Wildman–Crippen MR) is 77.1 cm³/mol. The first kappa shape index (κ1) is 17.6. The Balaban J connectivity index is 0.000000555. The molecule has 0 radical (unpaired) electrons. The molecule has 0 saturated heterocycles. The summed E-state index contributed by atoms with van der Waals surface area (Å²) >= 11 is 0. The molecule has 108 valence electrons. The van der Waals surface area contributed by atoms with Gasteiger partial charge in [-0.3, -0.25) is 4.79 Å². The van der Waals surface area contributed by atoms with E-state index in [1.165, 1.54) is 0 Å². The summed E-state index contributed by atoms with van der Waals surface area (Å²) in [6.07, 6.45) is -0.199. The summed E-state index contributed by atoms with van der Waals surface area (Å²) in [5.41, 5.74) is 1.01. The third-order valence-corrected chi connectivity index (χ3v) is 2.31. The summed E-state index contributed by atoms with van der Waals surface area (Å²) in [5, 5.41) is 20.8. The average molecular weight is 267 g/mol. The lowest BCUT2D eigenvalue weighted by atomic mass is 10.1. The Morgan fingerprint density at radius 3 is 2.11 bits per heavy atom. The van der Waals surface area contributed by atoms with Crippen molar-refractivity contribution in [3.63, 3.8) is 0 Å². The Hall–Kier alpha value is -1.39. The third-order valence-electron chi connectivity index (χ3n) is 2.31. The summed E-state index contributed by atoms with van der Waals surface area (Å²) in [6, 6.07) is 9.71. The fourth-order valence-corrected chi connectivity index (χ4v) is 1.20. The third kappa shape index (κ3) is 10.2. The number of carbonyl (C=O) groups is 1. The number of β-amino-alcohol motifs (C(OH)–C–C–N with tert-alkyl or cyclic N) is 1. The van der Waals surface area contributed by atoms with Gasteiger partial charge in [-0.2, -0.15) is 0 Å². The molecule has 1 rings (SSSR count). The first-order valence-corrected chi connectivity index (χ1v) is 6.46. The van der Waals surface area contributed by atoms with E-state index in [-0.39, 0.29) is 12.0 Å². The molecule has 0 aliphatic rings. The smallest absolute Gasteiger partial charge is 0.303 e. The molecule has 0 spiro atoms. The SMILES string of the molecule is CC(C)(C)NCC(O)c1ccccc1.CCC(=O)O. The number of hydrogen-bond donors (Lipinski definition) is 3. The van der Waals surface area contributed by atoms with Crippen molar-refractivity contribution in [3.8, 4) is 0 Å². The molecule has 4 heteroatoms. The summed E-state index contributed by atoms with van der Waals surface area (Å²) in [7, 11) is 0. The molecule has 0 bridgehead atoms. The lowest BCUT2D eigenvalue weighted by Crippen LogP contribution is -2.38. The van der Waals surface area contributed by atoms with E-state index in [0.29, 0.717) is 6.54 Å². The van der Waals surface area contributed by atoms with Crippen LogP contribution >= 0.6 is 0 Å². The van der Waals surface area contributed by atoms with Crippen molar-refractivity contribution in [1.82, 2.24) is 5.32 Å². The lowest BCUT2D eigenvalue weighted by molar-refractivity contribution is -0.136. The number of carboxylic acid groups (broad SMARTS) is 1. The normalized spacial score (nSPS) is 12.3. The van der Waals surface area contributed by atoms with Crippen LogP contribution in [0.3, 0.4) is 0 Å². The van der Waals surface area contributed by atoms with E-state index in [1.54, 1.807) is 6.92 Å². The number of aliphatic hydroxyl groups is 1. The topological polar surface area (TPSA) is 69.6 Å². The van der Waals surface area contributed by atoms with Gasteiger partial charge in [0.25, 0.3) is 0 Å². The maximum Gasteiger partial charge on any atom is 0.303 e. The van der Waals surface area contributed by atoms with E-state index >= 15 is 0 Å². The molecular formula is C15H25NO3. The Labute approximate surface area is 115 Å². The Morgan fingerprint density at radius 2 is 1.74 bits per heavy atom. The number of hydrogen-bond acceptors (Lipinski definition) is 3. The molecule has 0 aromatic heterocycles. The van der Waals surface area contributed by atoms with Crippen LogP contribution in [0.4, 0.5) is 0 Å². The molecule has 0 amide bonds. The van der Waals surface area contributed by atoms with Crippen LogP contribution in [0, 0.1) is 0 Å². The van der Waals surface area contributed by atoms with E-state index in [9.17, 15) is 9.90 Å². The molecule has 0 heterocycles. The average Bonchev–Trinajstić information content (AvgIpc) is 2.37. The molecule has 1 aromatic rings. The van der Waals surface area contributed by atoms with Crippen LogP contribution in [0.25, 0.3) is 0 Å². The van der Waals surface area contributed by atoms with Gasteiger partial charge in [0.1, 0.15) is 0 Å². The van der Waals surface area contributed by atoms with Crippen LogP contribution in [-0.2, 0) is 4.79 Å². The zero-order chi connectivity index (χ0) is 14.9. The van der Waals surface area contributed by atoms with Gasteiger partial charge in [0.05, 0.1) is 6.10 Å². The van der Waals surface area contributed by atoms with Gasteiger partial charge in [0, 0.05) is 18.5 Å². The number of aliphatic carboxylic acids is 1. The van der Waals surface area contributed by atoms with E-state index in [2.05, 4.69) is 26.1 Å². The maximum atomic E-state index is 9.82. The van der Waals surface area contributed by atoms with Crippen LogP contribution in [0.5, 0.6) is 0 Å². The monoisotopic (exact) mass is 267 g/mol. The quantitative estimate of drug-likeness (QED) is 0.784. The molecule has 0 aliphatic heterocycles. The highest BCUT2D eigenvalue weighted by molar-refractivity contribution is 5.66. The van der Waals surface area contributed by atoms with Crippen LogP contribution < -0.4 is 5.32 Å². The highest BCUT2D eigenvalue weighted by atomic mass is 16.4. The van der Waals surface area contributed by atoms with Crippen molar-refractivity contribution in [2.75, 3.05) is 6.54 Å². The molecular weight excluding hydrogens is 242 g/mol. The van der Waals surface area contributed by atoms with E-state index in [1.807, 2.05) is 30.3 Å².